The number of carbonyl (C=O) groups excluding carboxylic acids is 1. The molecule has 6 nitrogen and oxygen atoms in total. The van der Waals surface area contributed by atoms with Gasteiger partial charge in [0, 0.05) is 12.6 Å². The first-order valence-corrected chi connectivity index (χ1v) is 4.74. The third kappa shape index (κ3) is 3.17. The molecule has 4 N–H and O–H groups in total. The number of aromatic nitrogens is 2. The molecule has 0 aliphatic rings. The molecule has 1 heterocycles. The highest BCUT2D eigenvalue weighted by Crippen LogP contribution is 2.04. The smallest absolute Gasteiger partial charge is 0.264 e. The van der Waals surface area contributed by atoms with Crippen LogP contribution in [-0.4, -0.2) is 22.6 Å². The summed E-state index contributed by atoms with van der Waals surface area (Å²) in [4.78, 5) is 22.2. The van der Waals surface area contributed by atoms with Crippen LogP contribution in [0.1, 0.15) is 13.3 Å². The SMILES string of the molecule is CCC(CN)C(=O)Nc1ccc(=O)[nH]n1. The number of nitrogens with two attached hydrogens (primary N) is 1. The van der Waals surface area contributed by atoms with E-state index in [4.69, 9.17) is 5.73 Å². The predicted octanol–water partition coefficient (Wildman–Crippen LogP) is -0.307. The van der Waals surface area contributed by atoms with E-state index in [0.29, 0.717) is 18.8 Å². The van der Waals surface area contributed by atoms with E-state index in [1.54, 1.807) is 0 Å². The Morgan fingerprint density at radius 3 is 2.87 bits per heavy atom. The van der Waals surface area contributed by atoms with Crippen LogP contribution >= 0.6 is 0 Å². The van der Waals surface area contributed by atoms with Gasteiger partial charge in [-0.25, -0.2) is 5.10 Å². The molecule has 1 atom stereocenters. The summed E-state index contributed by atoms with van der Waals surface area (Å²) in [5, 5.41) is 8.46. The molecule has 6 heteroatoms. The van der Waals surface area contributed by atoms with E-state index in [1.165, 1.54) is 12.1 Å². The summed E-state index contributed by atoms with van der Waals surface area (Å²) in [6.07, 6.45) is 0.672. The molecular weight excluding hydrogens is 196 g/mol. The van der Waals surface area contributed by atoms with Crippen molar-refractivity contribution in [2.45, 2.75) is 13.3 Å². The van der Waals surface area contributed by atoms with Crippen LogP contribution in [0.25, 0.3) is 0 Å². The van der Waals surface area contributed by atoms with Gasteiger partial charge in [-0.3, -0.25) is 9.59 Å². The number of hydrogen-bond donors (Lipinski definition) is 3. The number of rotatable bonds is 4. The van der Waals surface area contributed by atoms with Crippen molar-refractivity contribution in [1.82, 2.24) is 10.2 Å². The van der Waals surface area contributed by atoms with Gasteiger partial charge < -0.3 is 11.1 Å². The second kappa shape index (κ2) is 5.26. The van der Waals surface area contributed by atoms with Gasteiger partial charge in [0.1, 0.15) is 0 Å². The molecule has 0 saturated carbocycles. The molecule has 1 rings (SSSR count). The normalized spacial score (nSPS) is 12.1. The lowest BCUT2D eigenvalue weighted by Crippen LogP contribution is -2.29. The van der Waals surface area contributed by atoms with E-state index in [9.17, 15) is 9.59 Å². The minimum atomic E-state index is -0.307. The Labute approximate surface area is 86.9 Å². The molecule has 0 fully saturated rings. The Morgan fingerprint density at radius 2 is 2.40 bits per heavy atom. The van der Waals surface area contributed by atoms with E-state index in [2.05, 4.69) is 15.5 Å². The van der Waals surface area contributed by atoms with Crippen LogP contribution in [0.3, 0.4) is 0 Å². The maximum absolute atomic E-state index is 11.5. The number of carbonyl (C=O) groups is 1. The molecule has 0 spiro atoms. The Hall–Kier alpha value is -1.69. The summed E-state index contributed by atoms with van der Waals surface area (Å²) in [5.74, 6) is -0.0789. The average molecular weight is 210 g/mol. The van der Waals surface area contributed by atoms with Gasteiger partial charge in [-0.05, 0) is 12.5 Å². The topological polar surface area (TPSA) is 101 Å². The maximum Gasteiger partial charge on any atom is 0.264 e. The van der Waals surface area contributed by atoms with Crippen LogP contribution in [0.2, 0.25) is 0 Å². The first kappa shape index (κ1) is 11.4. The molecule has 1 aromatic rings. The van der Waals surface area contributed by atoms with Crippen molar-refractivity contribution >= 4 is 11.7 Å². The van der Waals surface area contributed by atoms with Crippen LogP contribution in [-0.2, 0) is 4.79 Å². The third-order valence-electron chi connectivity index (χ3n) is 2.08. The fourth-order valence-corrected chi connectivity index (χ4v) is 1.10. The minimum Gasteiger partial charge on any atom is -0.330 e. The van der Waals surface area contributed by atoms with Gasteiger partial charge in [-0.1, -0.05) is 6.92 Å². The van der Waals surface area contributed by atoms with Crippen molar-refractivity contribution in [3.05, 3.63) is 22.5 Å². The minimum absolute atomic E-state index is 0.181. The number of nitrogens with zero attached hydrogens (tertiary/aromatic N) is 1. The zero-order valence-electron chi connectivity index (χ0n) is 8.49. The number of aromatic amines is 1. The molecule has 0 aliphatic heterocycles. The summed E-state index contributed by atoms with van der Waals surface area (Å²) in [6, 6.07) is 2.74. The fraction of sp³-hybridized carbons (Fsp3) is 0.444. The zero-order chi connectivity index (χ0) is 11.3. The monoisotopic (exact) mass is 210 g/mol. The molecule has 0 saturated heterocycles. The van der Waals surface area contributed by atoms with Gasteiger partial charge in [-0.2, -0.15) is 5.10 Å². The van der Waals surface area contributed by atoms with Crippen molar-refractivity contribution in [3.63, 3.8) is 0 Å². The highest BCUT2D eigenvalue weighted by molar-refractivity contribution is 5.91. The molecule has 0 aliphatic carbocycles. The van der Waals surface area contributed by atoms with Crippen LogP contribution in [0.4, 0.5) is 5.82 Å². The van der Waals surface area contributed by atoms with Crippen molar-refractivity contribution in [2.24, 2.45) is 11.7 Å². The molecule has 15 heavy (non-hydrogen) atoms. The summed E-state index contributed by atoms with van der Waals surface area (Å²) in [7, 11) is 0. The number of nitrogens with one attached hydrogen (secondary N) is 2. The van der Waals surface area contributed by atoms with E-state index >= 15 is 0 Å². The van der Waals surface area contributed by atoms with Crippen LogP contribution in [0, 0.1) is 5.92 Å². The summed E-state index contributed by atoms with van der Waals surface area (Å²) < 4.78 is 0. The van der Waals surface area contributed by atoms with Gasteiger partial charge >= 0.3 is 0 Å². The van der Waals surface area contributed by atoms with E-state index in [1.807, 2.05) is 6.92 Å². The third-order valence-corrected chi connectivity index (χ3v) is 2.08. The molecule has 1 aromatic heterocycles. The number of amides is 1. The lowest BCUT2D eigenvalue weighted by molar-refractivity contribution is -0.119. The highest BCUT2D eigenvalue weighted by atomic mass is 16.2. The molecule has 0 aromatic carbocycles. The first-order chi connectivity index (χ1) is 7.17. The van der Waals surface area contributed by atoms with Gasteiger partial charge in [0.2, 0.25) is 5.91 Å². The summed E-state index contributed by atoms with van der Waals surface area (Å²) >= 11 is 0. The fourth-order valence-electron chi connectivity index (χ4n) is 1.10. The van der Waals surface area contributed by atoms with E-state index < -0.39 is 0 Å². The first-order valence-electron chi connectivity index (χ1n) is 4.74. The second-order valence-electron chi connectivity index (χ2n) is 3.14. The zero-order valence-corrected chi connectivity index (χ0v) is 8.49. The van der Waals surface area contributed by atoms with Gasteiger partial charge in [0.25, 0.3) is 5.56 Å². The van der Waals surface area contributed by atoms with Gasteiger partial charge in [0.15, 0.2) is 5.82 Å². The molecule has 0 bridgehead atoms. The Bertz CT molecular complexity index is 363. The van der Waals surface area contributed by atoms with Gasteiger partial charge in [-0.15, -0.1) is 0 Å². The van der Waals surface area contributed by atoms with Crippen LogP contribution < -0.4 is 16.6 Å². The molecule has 0 radical (unpaired) electrons. The lowest BCUT2D eigenvalue weighted by Gasteiger charge is -2.11. The average Bonchev–Trinajstić information content (AvgIpc) is 2.23. The Kier molecular flexibility index (Phi) is 3.99. The highest BCUT2D eigenvalue weighted by Gasteiger charge is 2.14. The van der Waals surface area contributed by atoms with E-state index in [-0.39, 0.29) is 17.4 Å². The number of H-pyrrole nitrogens is 1. The Morgan fingerprint density at radius 1 is 1.67 bits per heavy atom. The largest absolute Gasteiger partial charge is 0.330 e. The summed E-state index contributed by atoms with van der Waals surface area (Å²) in [6.45, 7) is 2.18. The molecular formula is C9H14N4O2. The number of anilines is 1. The van der Waals surface area contributed by atoms with Gasteiger partial charge in [0.05, 0.1) is 5.92 Å². The quantitative estimate of drug-likeness (QED) is 0.634. The number of hydrogen-bond acceptors (Lipinski definition) is 4. The van der Waals surface area contributed by atoms with Crippen molar-refractivity contribution in [3.8, 4) is 0 Å². The van der Waals surface area contributed by atoms with E-state index in [0.717, 1.165) is 0 Å². The second-order valence-corrected chi connectivity index (χ2v) is 3.14. The standard InChI is InChI=1S/C9H14N4O2/c1-2-6(5-10)9(15)11-7-3-4-8(14)13-12-7/h3-4,6H,2,5,10H2,1H3,(H,13,14)(H,11,12,15). The lowest BCUT2D eigenvalue weighted by atomic mass is 10.1. The van der Waals surface area contributed by atoms with Crippen LogP contribution in [0.5, 0.6) is 0 Å². The van der Waals surface area contributed by atoms with Crippen LogP contribution in [0.15, 0.2) is 16.9 Å². The predicted molar refractivity (Wildman–Crippen MR) is 56.3 cm³/mol. The molecule has 1 amide bonds. The summed E-state index contributed by atoms with van der Waals surface area (Å²) in [5.41, 5.74) is 5.12. The van der Waals surface area contributed by atoms with Crippen molar-refractivity contribution < 1.29 is 4.79 Å². The Balaban J connectivity index is 2.65. The van der Waals surface area contributed by atoms with Crippen molar-refractivity contribution in [2.75, 3.05) is 11.9 Å². The maximum atomic E-state index is 11.5. The molecule has 82 valence electrons. The van der Waals surface area contributed by atoms with Crippen molar-refractivity contribution in [1.29, 1.82) is 0 Å². The molecule has 1 unspecified atom stereocenters.